The molecule has 1 N–H and O–H groups in total. The predicted molar refractivity (Wildman–Crippen MR) is 91.6 cm³/mol. The molecular weight excluding hydrogens is 308 g/mol. The molecule has 7 heteroatoms. The van der Waals surface area contributed by atoms with E-state index in [4.69, 9.17) is 9.26 Å². The Morgan fingerprint density at radius 2 is 2.33 bits per heavy atom. The van der Waals surface area contributed by atoms with Crippen molar-refractivity contribution < 1.29 is 14.1 Å². The topological polar surface area (TPSA) is 70.8 Å². The second-order valence-electron chi connectivity index (χ2n) is 7.05. The van der Waals surface area contributed by atoms with Gasteiger partial charge in [-0.15, -0.1) is 0 Å². The second-order valence-corrected chi connectivity index (χ2v) is 7.05. The molecule has 24 heavy (non-hydrogen) atoms. The molecule has 0 aliphatic carbocycles. The van der Waals surface area contributed by atoms with Gasteiger partial charge in [-0.05, 0) is 19.9 Å². The summed E-state index contributed by atoms with van der Waals surface area (Å²) in [4.78, 5) is 16.4. The number of aryl methyl sites for hydroxylation is 1. The Balaban J connectivity index is 1.66. The lowest BCUT2D eigenvalue weighted by Crippen LogP contribution is -2.49. The fourth-order valence-electron chi connectivity index (χ4n) is 2.94. The van der Waals surface area contributed by atoms with Gasteiger partial charge in [-0.3, -0.25) is 14.6 Å². The first-order valence-corrected chi connectivity index (χ1v) is 8.63. The minimum absolute atomic E-state index is 0.00213. The highest BCUT2D eigenvalue weighted by Crippen LogP contribution is 2.07. The van der Waals surface area contributed by atoms with Crippen LogP contribution in [0.1, 0.15) is 25.3 Å². The average molecular weight is 338 g/mol. The molecule has 0 saturated carbocycles. The number of carbonyl (C=O) groups excluding carboxylic acids is 1. The summed E-state index contributed by atoms with van der Waals surface area (Å²) in [5.41, 5.74) is 0.836. The van der Waals surface area contributed by atoms with Crippen LogP contribution in [0.5, 0.6) is 0 Å². The zero-order chi connectivity index (χ0) is 17.5. The second kappa shape index (κ2) is 9.15. The first-order chi connectivity index (χ1) is 11.4. The van der Waals surface area contributed by atoms with Crippen molar-refractivity contribution in [2.24, 2.45) is 5.92 Å². The van der Waals surface area contributed by atoms with Gasteiger partial charge in [0, 0.05) is 38.8 Å². The molecule has 1 aliphatic rings. The summed E-state index contributed by atoms with van der Waals surface area (Å²) in [5.74, 6) is 1.43. The van der Waals surface area contributed by atoms with E-state index in [1.165, 1.54) is 0 Å². The quantitative estimate of drug-likeness (QED) is 0.759. The van der Waals surface area contributed by atoms with Crippen molar-refractivity contribution in [2.75, 3.05) is 46.4 Å². The van der Waals surface area contributed by atoms with Gasteiger partial charge < -0.3 is 14.6 Å². The Hall–Kier alpha value is -1.44. The maximum atomic E-state index is 12.1. The molecule has 2 rings (SSSR count). The number of amides is 1. The molecule has 1 amide bonds. The number of rotatable bonds is 8. The van der Waals surface area contributed by atoms with Gasteiger partial charge in [0.05, 0.1) is 24.9 Å². The number of nitrogens with one attached hydrogen (secondary N) is 1. The number of nitrogens with zero attached hydrogens (tertiary/aromatic N) is 3. The lowest BCUT2D eigenvalue weighted by atomic mass is 10.2. The Morgan fingerprint density at radius 1 is 1.54 bits per heavy atom. The van der Waals surface area contributed by atoms with Crippen LogP contribution < -0.4 is 5.32 Å². The summed E-state index contributed by atoms with van der Waals surface area (Å²) in [5, 5.41) is 6.91. The highest BCUT2D eigenvalue weighted by molar-refractivity contribution is 5.77. The fourth-order valence-corrected chi connectivity index (χ4v) is 2.94. The van der Waals surface area contributed by atoms with Crippen LogP contribution in [-0.2, 0) is 16.1 Å². The zero-order valence-electron chi connectivity index (χ0n) is 15.2. The molecule has 7 nitrogen and oxygen atoms in total. The van der Waals surface area contributed by atoms with Crippen LogP contribution in [0.2, 0.25) is 0 Å². The molecule has 2 heterocycles. The summed E-state index contributed by atoms with van der Waals surface area (Å²) < 4.78 is 10.8. The van der Waals surface area contributed by atoms with E-state index in [1.54, 1.807) is 0 Å². The summed E-state index contributed by atoms with van der Waals surface area (Å²) in [6, 6.07) is 1.88. The zero-order valence-corrected chi connectivity index (χ0v) is 15.2. The van der Waals surface area contributed by atoms with Gasteiger partial charge in [0.15, 0.2) is 0 Å². The Labute approximate surface area is 144 Å². The van der Waals surface area contributed by atoms with Crippen molar-refractivity contribution in [1.29, 1.82) is 0 Å². The number of likely N-dealkylation sites (N-methyl/N-ethyl adjacent to an activating group) is 1. The maximum Gasteiger partial charge on any atom is 0.234 e. The first kappa shape index (κ1) is 18.9. The molecule has 1 aromatic rings. The van der Waals surface area contributed by atoms with Crippen LogP contribution in [-0.4, -0.2) is 73.3 Å². The molecule has 1 unspecified atom stereocenters. The van der Waals surface area contributed by atoms with Gasteiger partial charge in [0.25, 0.3) is 0 Å². The number of ether oxygens (including phenoxy) is 1. The molecule has 1 aliphatic heterocycles. The molecule has 1 aromatic heterocycles. The molecule has 1 atom stereocenters. The molecule has 0 aromatic carbocycles. The third kappa shape index (κ3) is 6.59. The molecule has 0 spiro atoms. The molecular formula is C17H30N4O3. The van der Waals surface area contributed by atoms with Gasteiger partial charge in [-0.1, -0.05) is 19.0 Å². The van der Waals surface area contributed by atoms with Crippen LogP contribution in [0.4, 0.5) is 0 Å². The minimum Gasteiger partial charge on any atom is -0.374 e. The predicted octanol–water partition coefficient (Wildman–Crippen LogP) is 0.888. The van der Waals surface area contributed by atoms with E-state index in [0.29, 0.717) is 25.6 Å². The van der Waals surface area contributed by atoms with E-state index in [9.17, 15) is 4.79 Å². The van der Waals surface area contributed by atoms with Gasteiger partial charge in [0.1, 0.15) is 5.76 Å². The lowest BCUT2D eigenvalue weighted by Gasteiger charge is -2.34. The fraction of sp³-hybridized carbons (Fsp3) is 0.765. The summed E-state index contributed by atoms with van der Waals surface area (Å²) in [6.07, 6.45) is 0.0740. The van der Waals surface area contributed by atoms with Crippen molar-refractivity contribution in [3.05, 3.63) is 17.5 Å². The normalized spacial score (nSPS) is 19.2. The van der Waals surface area contributed by atoms with Crippen LogP contribution in [0.25, 0.3) is 0 Å². The van der Waals surface area contributed by atoms with E-state index in [2.05, 4.69) is 29.2 Å². The van der Waals surface area contributed by atoms with Crippen molar-refractivity contribution >= 4 is 5.91 Å². The third-order valence-electron chi connectivity index (χ3n) is 3.90. The van der Waals surface area contributed by atoms with Crippen molar-refractivity contribution in [2.45, 2.75) is 33.4 Å². The van der Waals surface area contributed by atoms with Crippen LogP contribution >= 0.6 is 0 Å². The van der Waals surface area contributed by atoms with E-state index >= 15 is 0 Å². The van der Waals surface area contributed by atoms with E-state index in [-0.39, 0.29) is 12.0 Å². The first-order valence-electron chi connectivity index (χ1n) is 8.63. The summed E-state index contributed by atoms with van der Waals surface area (Å²) in [7, 11) is 1.89. The largest absolute Gasteiger partial charge is 0.374 e. The SMILES string of the molecule is Cc1cc(CN(C)CC(=O)NCC2CN(CC(C)C)CCO2)no1. The van der Waals surface area contributed by atoms with Crippen LogP contribution in [0.3, 0.4) is 0 Å². The molecule has 1 fully saturated rings. The van der Waals surface area contributed by atoms with E-state index in [0.717, 1.165) is 37.7 Å². The number of aromatic nitrogens is 1. The molecule has 0 radical (unpaired) electrons. The van der Waals surface area contributed by atoms with Gasteiger partial charge in [-0.25, -0.2) is 0 Å². The van der Waals surface area contributed by atoms with Crippen LogP contribution in [0, 0.1) is 12.8 Å². The van der Waals surface area contributed by atoms with Crippen molar-refractivity contribution in [1.82, 2.24) is 20.3 Å². The molecule has 136 valence electrons. The number of carbonyl (C=O) groups is 1. The van der Waals surface area contributed by atoms with Crippen LogP contribution in [0.15, 0.2) is 10.6 Å². The van der Waals surface area contributed by atoms with Gasteiger partial charge in [-0.2, -0.15) is 0 Å². The number of hydrogen-bond donors (Lipinski definition) is 1. The van der Waals surface area contributed by atoms with Gasteiger partial charge >= 0.3 is 0 Å². The Morgan fingerprint density at radius 3 is 3.00 bits per heavy atom. The van der Waals surface area contributed by atoms with Crippen molar-refractivity contribution in [3.63, 3.8) is 0 Å². The number of hydrogen-bond acceptors (Lipinski definition) is 6. The maximum absolute atomic E-state index is 12.1. The highest BCUT2D eigenvalue weighted by atomic mass is 16.5. The monoisotopic (exact) mass is 338 g/mol. The molecule has 1 saturated heterocycles. The average Bonchev–Trinajstić information content (AvgIpc) is 2.89. The Kier molecular flexibility index (Phi) is 7.20. The smallest absolute Gasteiger partial charge is 0.234 e. The Bertz CT molecular complexity index is 518. The summed E-state index contributed by atoms with van der Waals surface area (Å²) >= 11 is 0. The standard InChI is InChI=1S/C17H30N4O3/c1-13(2)9-21-5-6-23-16(11-21)8-18-17(22)12-20(4)10-15-7-14(3)24-19-15/h7,13,16H,5-6,8-12H2,1-4H3,(H,18,22). The number of morpholine rings is 1. The molecule has 0 bridgehead atoms. The highest BCUT2D eigenvalue weighted by Gasteiger charge is 2.21. The lowest BCUT2D eigenvalue weighted by molar-refractivity contribution is -0.123. The van der Waals surface area contributed by atoms with E-state index < -0.39 is 0 Å². The van der Waals surface area contributed by atoms with Crippen molar-refractivity contribution in [3.8, 4) is 0 Å². The van der Waals surface area contributed by atoms with E-state index in [1.807, 2.05) is 24.9 Å². The summed E-state index contributed by atoms with van der Waals surface area (Å²) in [6.45, 7) is 11.4. The minimum atomic E-state index is 0.00213. The van der Waals surface area contributed by atoms with Gasteiger partial charge in [0.2, 0.25) is 5.91 Å². The third-order valence-corrected chi connectivity index (χ3v) is 3.90.